The van der Waals surface area contributed by atoms with E-state index in [9.17, 15) is 9.59 Å². The van der Waals surface area contributed by atoms with Crippen LogP contribution in [0.3, 0.4) is 0 Å². The molecule has 0 aliphatic carbocycles. The van der Waals surface area contributed by atoms with Crippen molar-refractivity contribution >= 4 is 50.1 Å². The molecule has 2 aromatic heterocycles. The second kappa shape index (κ2) is 8.56. The van der Waals surface area contributed by atoms with Crippen molar-refractivity contribution in [1.82, 2.24) is 20.0 Å². The maximum Gasteiger partial charge on any atom is 0.267 e. The van der Waals surface area contributed by atoms with Gasteiger partial charge in [-0.3, -0.25) is 14.9 Å². The molecule has 0 spiro atoms. The number of carbonyl (C=O) groups excluding carboxylic acids is 1. The molecule has 0 fully saturated rings. The van der Waals surface area contributed by atoms with Gasteiger partial charge in [0.15, 0.2) is 4.34 Å². The van der Waals surface area contributed by atoms with Crippen LogP contribution in [0.5, 0.6) is 0 Å². The predicted octanol–water partition coefficient (Wildman–Crippen LogP) is 3.28. The molecule has 0 saturated carbocycles. The van der Waals surface area contributed by atoms with Crippen LogP contribution < -0.4 is 10.9 Å². The van der Waals surface area contributed by atoms with Crippen molar-refractivity contribution in [2.75, 3.05) is 11.1 Å². The maximum absolute atomic E-state index is 12.2. The van der Waals surface area contributed by atoms with Crippen molar-refractivity contribution in [1.29, 1.82) is 0 Å². The van der Waals surface area contributed by atoms with Gasteiger partial charge in [-0.1, -0.05) is 58.1 Å². The Bertz CT molecular complexity index is 971. The number of rotatable bonds is 6. The van der Waals surface area contributed by atoms with Crippen molar-refractivity contribution in [3.63, 3.8) is 0 Å². The minimum atomic E-state index is -0.378. The zero-order valence-corrected chi connectivity index (χ0v) is 16.9. The Balaban J connectivity index is 1.74. The molecule has 0 saturated heterocycles. The minimum Gasteiger partial charge on any atom is -0.299 e. The summed E-state index contributed by atoms with van der Waals surface area (Å²) in [7, 11) is 0. The standard InChI is InChI=1S/C16H14BrN5O2S2/c1-2-25-16-20-19-15(26-16)18-13(23)9-22-14(24)8-7-12(21-22)10-3-5-11(17)6-4-10/h3-8H,2,9H2,1H3,(H,18,19,23). The molecule has 0 aliphatic heterocycles. The highest BCUT2D eigenvalue weighted by Gasteiger charge is 2.11. The fraction of sp³-hybridized carbons (Fsp3) is 0.188. The molecular weight excluding hydrogens is 438 g/mol. The third kappa shape index (κ3) is 4.77. The zero-order chi connectivity index (χ0) is 18.5. The first-order valence-corrected chi connectivity index (χ1v) is 10.2. The monoisotopic (exact) mass is 451 g/mol. The molecule has 0 bridgehead atoms. The summed E-state index contributed by atoms with van der Waals surface area (Å²) in [5.41, 5.74) is 1.12. The molecule has 26 heavy (non-hydrogen) atoms. The molecule has 0 unspecified atom stereocenters. The molecule has 1 N–H and O–H groups in total. The molecule has 1 amide bonds. The number of aromatic nitrogens is 4. The lowest BCUT2D eigenvalue weighted by Crippen LogP contribution is -2.29. The maximum atomic E-state index is 12.2. The Morgan fingerprint density at radius 1 is 1.23 bits per heavy atom. The van der Waals surface area contributed by atoms with E-state index in [2.05, 4.69) is 36.5 Å². The number of anilines is 1. The van der Waals surface area contributed by atoms with Gasteiger partial charge in [0.25, 0.3) is 5.56 Å². The van der Waals surface area contributed by atoms with Crippen LogP contribution in [-0.4, -0.2) is 31.6 Å². The van der Waals surface area contributed by atoms with Gasteiger partial charge >= 0.3 is 0 Å². The van der Waals surface area contributed by atoms with Gasteiger partial charge in [-0.15, -0.1) is 10.2 Å². The van der Waals surface area contributed by atoms with Crippen molar-refractivity contribution in [2.45, 2.75) is 17.8 Å². The lowest BCUT2D eigenvalue weighted by Gasteiger charge is -2.07. The quantitative estimate of drug-likeness (QED) is 0.456. The van der Waals surface area contributed by atoms with Gasteiger partial charge in [-0.2, -0.15) is 5.10 Å². The largest absolute Gasteiger partial charge is 0.299 e. The van der Waals surface area contributed by atoms with E-state index in [1.165, 1.54) is 17.4 Å². The Morgan fingerprint density at radius 3 is 2.73 bits per heavy atom. The van der Waals surface area contributed by atoms with Crippen LogP contribution in [0.2, 0.25) is 0 Å². The van der Waals surface area contributed by atoms with Gasteiger partial charge in [0.1, 0.15) is 6.54 Å². The zero-order valence-electron chi connectivity index (χ0n) is 13.7. The van der Waals surface area contributed by atoms with E-state index in [0.29, 0.717) is 10.8 Å². The minimum absolute atomic E-state index is 0.195. The Morgan fingerprint density at radius 2 is 2.00 bits per heavy atom. The lowest BCUT2D eigenvalue weighted by atomic mass is 10.1. The Hall–Kier alpha value is -2.04. The number of carbonyl (C=O) groups is 1. The average Bonchev–Trinajstić information content (AvgIpc) is 3.05. The number of halogens is 1. The highest BCUT2D eigenvalue weighted by Crippen LogP contribution is 2.25. The number of hydrogen-bond donors (Lipinski definition) is 1. The second-order valence-electron chi connectivity index (χ2n) is 5.08. The number of hydrogen-bond acceptors (Lipinski definition) is 7. The van der Waals surface area contributed by atoms with E-state index in [-0.39, 0.29) is 18.0 Å². The first-order chi connectivity index (χ1) is 12.5. The molecule has 0 atom stereocenters. The fourth-order valence-corrected chi connectivity index (χ4v) is 4.00. The highest BCUT2D eigenvalue weighted by atomic mass is 79.9. The molecule has 0 radical (unpaired) electrons. The summed E-state index contributed by atoms with van der Waals surface area (Å²) in [6, 6.07) is 10.6. The Labute approximate surface area is 166 Å². The normalized spacial score (nSPS) is 10.7. The first kappa shape index (κ1) is 18.7. The third-order valence-electron chi connectivity index (χ3n) is 3.22. The van der Waals surface area contributed by atoms with Gasteiger partial charge in [-0.25, -0.2) is 4.68 Å². The van der Waals surface area contributed by atoms with Crippen molar-refractivity contribution in [3.05, 3.63) is 51.2 Å². The second-order valence-corrected chi connectivity index (χ2v) is 8.48. The summed E-state index contributed by atoms with van der Waals surface area (Å²) in [5, 5.41) is 15.2. The molecule has 3 rings (SSSR count). The van der Waals surface area contributed by atoms with Crippen LogP contribution in [0.1, 0.15) is 6.92 Å². The SMILES string of the molecule is CCSc1nnc(NC(=O)Cn2nc(-c3ccc(Br)cc3)ccc2=O)s1. The predicted molar refractivity (Wildman–Crippen MR) is 107 cm³/mol. The van der Waals surface area contributed by atoms with Gasteiger partial charge in [0.05, 0.1) is 5.69 Å². The van der Waals surface area contributed by atoms with Crippen LogP contribution >= 0.6 is 39.0 Å². The summed E-state index contributed by atoms with van der Waals surface area (Å²) >= 11 is 6.23. The van der Waals surface area contributed by atoms with Gasteiger partial charge in [0.2, 0.25) is 11.0 Å². The fourth-order valence-electron chi connectivity index (χ4n) is 2.07. The molecular formula is C16H14BrN5O2S2. The number of nitrogens with zero attached hydrogens (tertiary/aromatic N) is 4. The van der Waals surface area contributed by atoms with Crippen LogP contribution in [0.25, 0.3) is 11.3 Å². The topological polar surface area (TPSA) is 89.8 Å². The number of nitrogens with one attached hydrogen (secondary N) is 1. The molecule has 3 aromatic rings. The highest BCUT2D eigenvalue weighted by molar-refractivity contribution is 9.10. The summed E-state index contributed by atoms with van der Waals surface area (Å²) in [4.78, 5) is 24.2. The van der Waals surface area contributed by atoms with Crippen LogP contribution in [0.15, 0.2) is 50.0 Å². The molecule has 7 nitrogen and oxygen atoms in total. The van der Waals surface area contributed by atoms with Crippen molar-refractivity contribution < 1.29 is 4.79 Å². The third-order valence-corrected chi connectivity index (χ3v) is 5.60. The average molecular weight is 452 g/mol. The van der Waals surface area contributed by atoms with Gasteiger partial charge in [0, 0.05) is 16.1 Å². The van der Waals surface area contributed by atoms with E-state index in [1.807, 2.05) is 31.2 Å². The molecule has 2 heterocycles. The van der Waals surface area contributed by atoms with Crippen LogP contribution in [0, 0.1) is 0 Å². The van der Waals surface area contributed by atoms with E-state index < -0.39 is 0 Å². The number of benzene rings is 1. The van der Waals surface area contributed by atoms with E-state index in [1.54, 1.807) is 17.8 Å². The van der Waals surface area contributed by atoms with Crippen molar-refractivity contribution in [3.8, 4) is 11.3 Å². The first-order valence-electron chi connectivity index (χ1n) is 7.65. The summed E-state index contributed by atoms with van der Waals surface area (Å²) < 4.78 is 2.87. The lowest BCUT2D eigenvalue weighted by molar-refractivity contribution is -0.117. The van der Waals surface area contributed by atoms with Crippen LogP contribution in [0.4, 0.5) is 5.13 Å². The van der Waals surface area contributed by atoms with Gasteiger partial charge < -0.3 is 0 Å². The number of thioether (sulfide) groups is 1. The summed E-state index contributed by atoms with van der Waals surface area (Å²) in [6.45, 7) is 1.82. The molecule has 0 aliphatic rings. The number of amides is 1. The Kier molecular flexibility index (Phi) is 6.17. The van der Waals surface area contributed by atoms with E-state index in [0.717, 1.165) is 24.8 Å². The molecule has 10 heteroatoms. The summed E-state index contributed by atoms with van der Waals surface area (Å²) in [5.74, 6) is 0.502. The molecule has 134 valence electrons. The molecule has 1 aromatic carbocycles. The van der Waals surface area contributed by atoms with Crippen LogP contribution in [-0.2, 0) is 11.3 Å². The van der Waals surface area contributed by atoms with E-state index in [4.69, 9.17) is 0 Å². The van der Waals surface area contributed by atoms with Crippen molar-refractivity contribution in [2.24, 2.45) is 0 Å². The van der Waals surface area contributed by atoms with E-state index >= 15 is 0 Å². The van der Waals surface area contributed by atoms with Gasteiger partial charge in [-0.05, 0) is 24.0 Å². The smallest absolute Gasteiger partial charge is 0.267 e. The summed E-state index contributed by atoms with van der Waals surface area (Å²) in [6.07, 6.45) is 0.